The molecule has 0 spiro atoms. The lowest BCUT2D eigenvalue weighted by molar-refractivity contribution is -0.162. The highest BCUT2D eigenvalue weighted by Gasteiger charge is 2.62. The normalized spacial score (nSPS) is 27.6. The number of fused-ring (bicyclic) bond motifs is 5. The molecule has 1 saturated heterocycles. The van der Waals surface area contributed by atoms with Crippen LogP contribution in [0.1, 0.15) is 33.1 Å². The second-order valence-corrected chi connectivity index (χ2v) is 9.74. The molecule has 9 heteroatoms. The van der Waals surface area contributed by atoms with Gasteiger partial charge >= 0.3 is 5.97 Å². The van der Waals surface area contributed by atoms with E-state index < -0.39 is 24.5 Å². The summed E-state index contributed by atoms with van der Waals surface area (Å²) in [6.07, 6.45) is 2.84. The molecule has 166 valence electrons. The van der Waals surface area contributed by atoms with Crippen LogP contribution in [0.4, 0.5) is 5.69 Å². The predicted molar refractivity (Wildman–Crippen MR) is 114 cm³/mol. The van der Waals surface area contributed by atoms with Crippen molar-refractivity contribution in [3.8, 4) is 0 Å². The quantitative estimate of drug-likeness (QED) is 0.511. The van der Waals surface area contributed by atoms with E-state index in [9.17, 15) is 19.2 Å². The van der Waals surface area contributed by atoms with Crippen LogP contribution in [-0.4, -0.2) is 41.2 Å². The monoisotopic (exact) mass is 466 g/mol. The molecule has 0 radical (unpaired) electrons. The number of anilines is 1. The topological polar surface area (TPSA) is 92.8 Å². The van der Waals surface area contributed by atoms with Crippen molar-refractivity contribution in [3.63, 3.8) is 0 Å². The van der Waals surface area contributed by atoms with E-state index in [0.717, 1.165) is 24.2 Å². The molecule has 0 unspecified atom stereocenters. The first-order chi connectivity index (χ1) is 14.7. The fourth-order valence-electron chi connectivity index (χ4n) is 5.38. The summed E-state index contributed by atoms with van der Waals surface area (Å²) in [4.78, 5) is 52.3. The number of nitrogens with one attached hydrogen (secondary N) is 1. The van der Waals surface area contributed by atoms with Crippen molar-refractivity contribution in [1.82, 2.24) is 4.90 Å². The number of benzene rings is 1. The zero-order chi connectivity index (χ0) is 22.4. The maximum atomic E-state index is 13.1. The van der Waals surface area contributed by atoms with E-state index in [1.54, 1.807) is 19.9 Å². The van der Waals surface area contributed by atoms with Crippen LogP contribution in [0.15, 0.2) is 18.2 Å². The van der Waals surface area contributed by atoms with Crippen LogP contribution in [0.3, 0.4) is 0 Å². The zero-order valence-electron chi connectivity index (χ0n) is 17.3. The van der Waals surface area contributed by atoms with Gasteiger partial charge in [0, 0.05) is 5.02 Å². The van der Waals surface area contributed by atoms with Crippen LogP contribution >= 0.6 is 23.2 Å². The average Bonchev–Trinajstić information content (AvgIpc) is 3.38. The summed E-state index contributed by atoms with van der Waals surface area (Å²) >= 11 is 11.9. The number of carbonyl (C=O) groups excluding carboxylic acids is 4. The van der Waals surface area contributed by atoms with E-state index in [4.69, 9.17) is 27.9 Å². The minimum Gasteiger partial charge on any atom is -0.454 e. The first kappa shape index (κ1) is 22.1. The van der Waals surface area contributed by atoms with Crippen molar-refractivity contribution in [3.05, 3.63) is 28.2 Å². The van der Waals surface area contributed by atoms with Gasteiger partial charge in [0.1, 0.15) is 6.04 Å². The Hall–Kier alpha value is -2.12. The number of amides is 3. The van der Waals surface area contributed by atoms with Gasteiger partial charge in [0.2, 0.25) is 11.8 Å². The molecule has 1 N–H and O–H groups in total. The largest absolute Gasteiger partial charge is 0.454 e. The van der Waals surface area contributed by atoms with Crippen LogP contribution in [0.2, 0.25) is 10.0 Å². The first-order valence-electron chi connectivity index (χ1n) is 10.5. The van der Waals surface area contributed by atoms with Gasteiger partial charge in [-0.2, -0.15) is 0 Å². The van der Waals surface area contributed by atoms with E-state index in [-0.39, 0.29) is 46.4 Å². The maximum Gasteiger partial charge on any atom is 0.330 e. The smallest absolute Gasteiger partial charge is 0.330 e. The number of nitrogens with zero attached hydrogens (tertiary/aromatic N) is 1. The van der Waals surface area contributed by atoms with E-state index in [1.807, 2.05) is 0 Å². The third kappa shape index (κ3) is 3.94. The highest BCUT2D eigenvalue weighted by atomic mass is 35.5. The van der Waals surface area contributed by atoms with Crippen LogP contribution in [0, 0.1) is 29.6 Å². The van der Waals surface area contributed by atoms with E-state index >= 15 is 0 Å². The molecule has 5 atom stereocenters. The number of halogens is 2. The summed E-state index contributed by atoms with van der Waals surface area (Å²) in [6, 6.07) is 3.54. The Morgan fingerprint density at radius 3 is 2.29 bits per heavy atom. The van der Waals surface area contributed by atoms with Crippen LogP contribution in [0.25, 0.3) is 0 Å². The van der Waals surface area contributed by atoms with Gasteiger partial charge in [-0.1, -0.05) is 37.0 Å². The highest BCUT2D eigenvalue weighted by Crippen LogP contribution is 2.56. The van der Waals surface area contributed by atoms with E-state index in [2.05, 4.69) is 5.32 Å². The number of ether oxygens (including phenoxy) is 1. The predicted octanol–water partition coefficient (Wildman–Crippen LogP) is 3.53. The lowest BCUT2D eigenvalue weighted by atomic mass is 9.81. The molecule has 3 fully saturated rings. The SMILES string of the molecule is CC(C)[C@H](C(=O)OCC(=O)Nc1ccc(Cl)cc1Cl)N1C(=O)[C@H]2[C@H]3CC[C@@H](C3)[C@@H]2C1=O. The molecule has 1 heterocycles. The molecule has 3 aliphatic rings. The van der Waals surface area contributed by atoms with Crippen molar-refractivity contribution < 1.29 is 23.9 Å². The lowest BCUT2D eigenvalue weighted by Crippen LogP contribution is -2.50. The third-order valence-corrected chi connectivity index (χ3v) is 7.21. The van der Waals surface area contributed by atoms with Gasteiger partial charge in [-0.15, -0.1) is 0 Å². The fraction of sp³-hybridized carbons (Fsp3) is 0.545. The van der Waals surface area contributed by atoms with Gasteiger partial charge < -0.3 is 10.1 Å². The van der Waals surface area contributed by atoms with Crippen LogP contribution < -0.4 is 5.32 Å². The molecule has 31 heavy (non-hydrogen) atoms. The van der Waals surface area contributed by atoms with Crippen molar-refractivity contribution >= 4 is 52.6 Å². The summed E-state index contributed by atoms with van der Waals surface area (Å²) in [7, 11) is 0. The van der Waals surface area contributed by atoms with Gasteiger partial charge in [0.15, 0.2) is 6.61 Å². The van der Waals surface area contributed by atoms with Gasteiger partial charge in [0.05, 0.1) is 22.5 Å². The Balaban J connectivity index is 1.42. The van der Waals surface area contributed by atoms with Crippen molar-refractivity contribution in [2.24, 2.45) is 29.6 Å². The molecule has 4 rings (SSSR count). The maximum absolute atomic E-state index is 13.1. The van der Waals surface area contributed by atoms with Crippen molar-refractivity contribution in [2.75, 3.05) is 11.9 Å². The van der Waals surface area contributed by atoms with Crippen LogP contribution in [0.5, 0.6) is 0 Å². The number of carbonyl (C=O) groups is 4. The van der Waals surface area contributed by atoms with Gasteiger partial charge in [-0.25, -0.2) is 4.79 Å². The number of imide groups is 1. The second kappa shape index (κ2) is 8.43. The molecule has 2 aliphatic carbocycles. The molecule has 7 nitrogen and oxygen atoms in total. The lowest BCUT2D eigenvalue weighted by Gasteiger charge is -2.28. The third-order valence-electron chi connectivity index (χ3n) is 6.66. The Morgan fingerprint density at radius 1 is 1.13 bits per heavy atom. The summed E-state index contributed by atoms with van der Waals surface area (Å²) in [5, 5.41) is 3.22. The first-order valence-corrected chi connectivity index (χ1v) is 11.2. The number of esters is 1. The number of likely N-dealkylation sites (tertiary alicyclic amines) is 1. The zero-order valence-corrected chi connectivity index (χ0v) is 18.8. The van der Waals surface area contributed by atoms with E-state index in [1.165, 1.54) is 12.1 Å². The molecular formula is C22H24Cl2N2O5. The second-order valence-electron chi connectivity index (χ2n) is 8.90. The highest BCUT2D eigenvalue weighted by molar-refractivity contribution is 6.36. The fourth-order valence-corrected chi connectivity index (χ4v) is 5.84. The molecule has 1 aromatic carbocycles. The summed E-state index contributed by atoms with van der Waals surface area (Å²) in [5.41, 5.74) is 0.334. The number of hydrogen-bond acceptors (Lipinski definition) is 5. The van der Waals surface area contributed by atoms with Gasteiger partial charge in [-0.3, -0.25) is 19.3 Å². The Labute approximate surface area is 190 Å². The minimum atomic E-state index is -1.04. The number of hydrogen-bond donors (Lipinski definition) is 1. The molecule has 1 aliphatic heterocycles. The molecule has 2 saturated carbocycles. The summed E-state index contributed by atoms with van der Waals surface area (Å²) in [5.74, 6) is -2.39. The number of rotatable bonds is 6. The molecule has 1 aromatic rings. The average molecular weight is 467 g/mol. The van der Waals surface area contributed by atoms with Crippen molar-refractivity contribution in [1.29, 1.82) is 0 Å². The summed E-state index contributed by atoms with van der Waals surface area (Å²) < 4.78 is 5.20. The summed E-state index contributed by atoms with van der Waals surface area (Å²) in [6.45, 7) is 2.95. The molecule has 0 aromatic heterocycles. The Bertz CT molecular complexity index is 922. The standard InChI is InChI=1S/C22H24Cl2N2O5/c1-10(2)19(26-20(28)17-11-3-4-12(7-11)18(17)21(26)29)22(30)31-9-16(27)25-15-6-5-13(23)8-14(15)24/h5-6,8,10-12,17-19H,3-4,7,9H2,1-2H3,(H,25,27)/t11-,12-,17-,18-,19+/m0/s1. The van der Waals surface area contributed by atoms with E-state index in [0.29, 0.717) is 10.7 Å². The Morgan fingerprint density at radius 2 is 1.74 bits per heavy atom. The molecule has 2 bridgehead atoms. The van der Waals surface area contributed by atoms with Gasteiger partial charge in [-0.05, 0) is 55.2 Å². The van der Waals surface area contributed by atoms with Crippen LogP contribution in [-0.2, 0) is 23.9 Å². The molecule has 3 amide bonds. The Kier molecular flexibility index (Phi) is 6.01. The molecular weight excluding hydrogens is 443 g/mol. The van der Waals surface area contributed by atoms with Crippen molar-refractivity contribution in [2.45, 2.75) is 39.2 Å². The van der Waals surface area contributed by atoms with Gasteiger partial charge in [0.25, 0.3) is 5.91 Å². The minimum absolute atomic E-state index is 0.232.